The van der Waals surface area contributed by atoms with Gasteiger partial charge in [0.2, 0.25) is 11.9 Å². The maximum atomic E-state index is 5.88. The van der Waals surface area contributed by atoms with Gasteiger partial charge in [0, 0.05) is 28.2 Å². The molecule has 0 radical (unpaired) electrons. The molecule has 0 N–H and O–H groups in total. The highest BCUT2D eigenvalue weighted by molar-refractivity contribution is 7.55. The van der Waals surface area contributed by atoms with E-state index in [4.69, 9.17) is 18.5 Å². The van der Waals surface area contributed by atoms with E-state index in [9.17, 15) is 0 Å². The average molecular weight is 333 g/mol. The van der Waals surface area contributed by atoms with Gasteiger partial charge in [-0.1, -0.05) is 0 Å². The molecule has 0 amide bonds. The van der Waals surface area contributed by atoms with Gasteiger partial charge < -0.3 is 28.3 Å². The van der Waals surface area contributed by atoms with E-state index < -0.39 is 7.66 Å². The quantitative estimate of drug-likeness (QED) is 0.612. The molecule has 126 valence electrons. The Morgan fingerprint density at radius 1 is 0.773 bits per heavy atom. The molecule has 1 fully saturated rings. The van der Waals surface area contributed by atoms with Crippen LogP contribution in [0, 0.1) is 0 Å². The van der Waals surface area contributed by atoms with Gasteiger partial charge in [-0.2, -0.15) is 14.5 Å². The summed E-state index contributed by atoms with van der Waals surface area (Å²) in [5.41, 5.74) is 0. The highest BCUT2D eigenvalue weighted by atomic mass is 31.2. The van der Waals surface area contributed by atoms with Crippen molar-refractivity contribution < 1.29 is 18.5 Å². The zero-order valence-electron chi connectivity index (χ0n) is 13.6. The molecule has 0 saturated carbocycles. The lowest BCUT2D eigenvalue weighted by molar-refractivity contribution is 0.0375. The van der Waals surface area contributed by atoms with E-state index in [1.54, 1.807) is 0 Å². The Hall–Kier alpha value is -0.990. The van der Waals surface area contributed by atoms with Gasteiger partial charge in [-0.15, -0.1) is 0 Å². The van der Waals surface area contributed by atoms with Crippen LogP contribution in [0.15, 0.2) is 14.5 Å². The Kier molecular flexibility index (Phi) is 6.34. The van der Waals surface area contributed by atoms with E-state index in [1.807, 2.05) is 38.0 Å². The molecule has 2 heterocycles. The van der Waals surface area contributed by atoms with Crippen LogP contribution < -0.4 is 0 Å². The number of nitrogens with zero attached hydrogens (tertiary/aromatic N) is 5. The third kappa shape index (κ3) is 4.76. The average Bonchev–Trinajstić information content (AvgIpc) is 2.53. The molecular weight excluding hydrogens is 309 g/mol. The summed E-state index contributed by atoms with van der Waals surface area (Å²) in [6.45, 7) is 2.71. The molecule has 0 unspecified atom stereocenters. The Morgan fingerprint density at radius 3 is 1.77 bits per heavy atom. The normalized spacial score (nSPS) is 22.9. The van der Waals surface area contributed by atoms with Crippen molar-refractivity contribution in [1.29, 1.82) is 0 Å². The molecule has 2 aliphatic heterocycles. The van der Waals surface area contributed by atoms with Gasteiger partial charge >= 0.3 is 7.66 Å². The van der Waals surface area contributed by atoms with E-state index in [0.29, 0.717) is 51.6 Å². The van der Waals surface area contributed by atoms with Crippen LogP contribution >= 0.6 is 7.66 Å². The van der Waals surface area contributed by atoms with E-state index in [1.165, 1.54) is 0 Å². The molecule has 2 rings (SSSR count). The van der Waals surface area contributed by atoms with E-state index in [2.05, 4.69) is 14.5 Å². The lowest BCUT2D eigenvalue weighted by atomic mass is 10.7. The molecule has 0 aromatic heterocycles. The number of ether oxygens (including phenoxy) is 2. The summed E-state index contributed by atoms with van der Waals surface area (Å²) >= 11 is 0. The molecule has 1 saturated heterocycles. The number of guanidine groups is 2. The summed E-state index contributed by atoms with van der Waals surface area (Å²) in [6, 6.07) is 0. The minimum absolute atomic E-state index is 0.363. The maximum Gasteiger partial charge on any atom is 0.347 e. The topological polar surface area (TPSA) is 80.5 Å². The fourth-order valence-corrected chi connectivity index (χ4v) is 3.54. The Morgan fingerprint density at radius 2 is 1.27 bits per heavy atom. The zero-order valence-corrected chi connectivity index (χ0v) is 14.5. The lowest BCUT2D eigenvalue weighted by Crippen LogP contribution is -2.29. The number of rotatable bonds is 0. The van der Waals surface area contributed by atoms with Crippen LogP contribution in [0.4, 0.5) is 0 Å². The second-order valence-electron chi connectivity index (χ2n) is 5.08. The standard InChI is InChI=1S/C12H24N5O4P/c1-16(2)11-13-12(17(3)4)15-22(14-11)20-9-7-18-5-6-19-8-10-21-22/h5-10H2,1-4H3. The maximum absolute atomic E-state index is 5.88. The molecular formula is C12H24N5O4P. The molecule has 9 nitrogen and oxygen atoms in total. The SMILES string of the molecule is CN(C)C1=NC(N(C)C)=NP2(=N1)OCCOCCOCCO2. The highest BCUT2D eigenvalue weighted by Crippen LogP contribution is 2.55. The van der Waals surface area contributed by atoms with Crippen LogP contribution in [0.5, 0.6) is 0 Å². The van der Waals surface area contributed by atoms with E-state index >= 15 is 0 Å². The van der Waals surface area contributed by atoms with Gasteiger partial charge in [0.05, 0.1) is 39.6 Å². The number of hydrogen-bond acceptors (Lipinski definition) is 9. The van der Waals surface area contributed by atoms with E-state index in [-0.39, 0.29) is 0 Å². The largest absolute Gasteiger partial charge is 0.377 e. The van der Waals surface area contributed by atoms with Crippen molar-refractivity contribution in [1.82, 2.24) is 9.80 Å². The predicted octanol–water partition coefficient (Wildman–Crippen LogP) is 0.861. The molecule has 0 aliphatic carbocycles. The summed E-state index contributed by atoms with van der Waals surface area (Å²) in [7, 11) is 4.68. The van der Waals surface area contributed by atoms with Gasteiger partial charge in [-0.05, 0) is 0 Å². The van der Waals surface area contributed by atoms with Gasteiger partial charge in [0.1, 0.15) is 0 Å². The monoisotopic (exact) mass is 333 g/mol. The van der Waals surface area contributed by atoms with Crippen molar-refractivity contribution in [2.24, 2.45) is 14.5 Å². The second-order valence-corrected chi connectivity index (χ2v) is 6.98. The first-order valence-electron chi connectivity index (χ1n) is 7.13. The molecule has 0 aromatic rings. The third-order valence-corrected chi connectivity index (χ3v) is 4.68. The number of hydrogen-bond donors (Lipinski definition) is 0. The summed E-state index contributed by atoms with van der Waals surface area (Å²) < 4.78 is 31.7. The van der Waals surface area contributed by atoms with Crippen molar-refractivity contribution in [3.8, 4) is 0 Å². The van der Waals surface area contributed by atoms with Crippen LogP contribution in [-0.4, -0.2) is 89.6 Å². The van der Waals surface area contributed by atoms with Crippen LogP contribution in [0.2, 0.25) is 0 Å². The van der Waals surface area contributed by atoms with Crippen molar-refractivity contribution in [2.75, 3.05) is 67.8 Å². The first kappa shape index (κ1) is 17.4. The number of aliphatic imine (C=N–C) groups is 1. The second kappa shape index (κ2) is 8.03. The first-order chi connectivity index (χ1) is 10.5. The predicted molar refractivity (Wildman–Crippen MR) is 85.1 cm³/mol. The van der Waals surface area contributed by atoms with Crippen LogP contribution in [0.3, 0.4) is 0 Å². The first-order valence-corrected chi connectivity index (χ1v) is 8.66. The lowest BCUT2D eigenvalue weighted by Gasteiger charge is -2.26. The minimum atomic E-state index is -2.80. The summed E-state index contributed by atoms with van der Waals surface area (Å²) in [4.78, 5) is 8.02. The van der Waals surface area contributed by atoms with Crippen LogP contribution in [0.1, 0.15) is 0 Å². The molecule has 0 bridgehead atoms. The Balaban J connectivity index is 2.30. The van der Waals surface area contributed by atoms with Gasteiger partial charge in [0.25, 0.3) is 0 Å². The van der Waals surface area contributed by atoms with Crippen LogP contribution in [0.25, 0.3) is 0 Å². The zero-order chi connectivity index (χ0) is 16.0. The van der Waals surface area contributed by atoms with Crippen LogP contribution in [-0.2, 0) is 18.5 Å². The molecule has 2 aliphatic rings. The Labute approximate surface area is 131 Å². The fourth-order valence-electron chi connectivity index (χ4n) is 1.67. The fraction of sp³-hybridized carbons (Fsp3) is 0.833. The molecule has 1 spiro atoms. The summed E-state index contributed by atoms with van der Waals surface area (Å²) in [5.74, 6) is 1.06. The van der Waals surface area contributed by atoms with Crippen molar-refractivity contribution in [2.45, 2.75) is 0 Å². The smallest absolute Gasteiger partial charge is 0.347 e. The minimum Gasteiger partial charge on any atom is -0.377 e. The van der Waals surface area contributed by atoms with Crippen molar-refractivity contribution >= 4 is 19.6 Å². The molecule has 22 heavy (non-hydrogen) atoms. The molecule has 0 aromatic carbocycles. The summed E-state index contributed by atoms with van der Waals surface area (Å²) in [6.07, 6.45) is 0. The molecule has 0 atom stereocenters. The Bertz CT molecular complexity index is 467. The highest BCUT2D eigenvalue weighted by Gasteiger charge is 2.29. The third-order valence-electron chi connectivity index (χ3n) is 2.78. The van der Waals surface area contributed by atoms with Gasteiger partial charge in [-0.3, -0.25) is 0 Å². The van der Waals surface area contributed by atoms with Crippen molar-refractivity contribution in [3.63, 3.8) is 0 Å². The summed E-state index contributed by atoms with van der Waals surface area (Å²) in [5, 5.41) is 0. The van der Waals surface area contributed by atoms with Crippen molar-refractivity contribution in [3.05, 3.63) is 0 Å². The van der Waals surface area contributed by atoms with E-state index in [0.717, 1.165) is 0 Å². The van der Waals surface area contributed by atoms with Gasteiger partial charge in [-0.25, -0.2) is 0 Å². The van der Waals surface area contributed by atoms with Gasteiger partial charge in [0.15, 0.2) is 0 Å². The molecule has 10 heteroatoms.